The first-order valence-corrected chi connectivity index (χ1v) is 6.88. The Bertz CT molecular complexity index is 578. The summed E-state index contributed by atoms with van der Waals surface area (Å²) < 4.78 is 14.7. The van der Waals surface area contributed by atoms with Gasteiger partial charge in [-0.15, -0.1) is 0 Å². The van der Waals surface area contributed by atoms with Gasteiger partial charge in [0.2, 0.25) is 0 Å². The standard InChI is InChI=1S/C15H16BrFN2/c1-9-7-11(8-10(2)19-9)15(18-3)12-5-4-6-13(16)14(12)17/h4-8,15,18H,1-3H3. The minimum atomic E-state index is -0.228. The van der Waals surface area contributed by atoms with Gasteiger partial charge in [-0.25, -0.2) is 4.39 Å². The second-order valence-corrected chi connectivity index (χ2v) is 5.40. The minimum Gasteiger partial charge on any atom is -0.309 e. The molecule has 0 spiro atoms. The van der Waals surface area contributed by atoms with Crippen LogP contribution in [0.15, 0.2) is 34.8 Å². The van der Waals surface area contributed by atoms with E-state index in [4.69, 9.17) is 0 Å². The molecule has 0 aliphatic heterocycles. The van der Waals surface area contributed by atoms with Gasteiger partial charge in [0.25, 0.3) is 0 Å². The molecular weight excluding hydrogens is 307 g/mol. The highest BCUT2D eigenvalue weighted by molar-refractivity contribution is 9.10. The van der Waals surface area contributed by atoms with Crippen molar-refractivity contribution in [3.63, 3.8) is 0 Å². The Balaban J connectivity index is 2.53. The number of halogens is 2. The zero-order valence-electron chi connectivity index (χ0n) is 11.2. The molecule has 2 rings (SSSR count). The molecule has 0 aliphatic rings. The first-order valence-electron chi connectivity index (χ1n) is 6.09. The molecule has 19 heavy (non-hydrogen) atoms. The highest BCUT2D eigenvalue weighted by Crippen LogP contribution is 2.28. The Morgan fingerprint density at radius 1 is 1.21 bits per heavy atom. The average Bonchev–Trinajstić information content (AvgIpc) is 2.34. The van der Waals surface area contributed by atoms with Gasteiger partial charge in [-0.05, 0) is 60.6 Å². The minimum absolute atomic E-state index is 0.183. The maximum atomic E-state index is 14.2. The molecule has 100 valence electrons. The smallest absolute Gasteiger partial charge is 0.142 e. The Morgan fingerprint density at radius 3 is 2.42 bits per heavy atom. The summed E-state index contributed by atoms with van der Waals surface area (Å²) in [5, 5.41) is 3.17. The van der Waals surface area contributed by atoms with E-state index in [2.05, 4.69) is 26.2 Å². The third-order valence-corrected chi connectivity index (χ3v) is 3.63. The molecule has 0 amide bonds. The summed E-state index contributed by atoms with van der Waals surface area (Å²) in [7, 11) is 1.83. The SMILES string of the molecule is CNC(c1cc(C)nc(C)c1)c1cccc(Br)c1F. The fourth-order valence-corrected chi connectivity index (χ4v) is 2.66. The van der Waals surface area contributed by atoms with Crippen LogP contribution in [0.4, 0.5) is 4.39 Å². The van der Waals surface area contributed by atoms with Gasteiger partial charge < -0.3 is 5.32 Å². The lowest BCUT2D eigenvalue weighted by molar-refractivity contribution is 0.570. The molecule has 2 nitrogen and oxygen atoms in total. The lowest BCUT2D eigenvalue weighted by Crippen LogP contribution is -2.19. The Hall–Kier alpha value is -1.26. The Morgan fingerprint density at radius 2 is 1.84 bits per heavy atom. The van der Waals surface area contributed by atoms with Crippen LogP contribution >= 0.6 is 15.9 Å². The van der Waals surface area contributed by atoms with Crippen molar-refractivity contribution in [1.29, 1.82) is 0 Å². The van der Waals surface area contributed by atoms with E-state index >= 15 is 0 Å². The molecule has 1 N–H and O–H groups in total. The highest BCUT2D eigenvalue weighted by Gasteiger charge is 2.18. The van der Waals surface area contributed by atoms with Crippen molar-refractivity contribution in [3.05, 3.63) is 63.1 Å². The first kappa shape index (κ1) is 14.2. The fourth-order valence-electron chi connectivity index (χ4n) is 2.28. The molecule has 1 aromatic carbocycles. The van der Waals surface area contributed by atoms with Crippen molar-refractivity contribution < 1.29 is 4.39 Å². The van der Waals surface area contributed by atoms with Crippen LogP contribution in [0.25, 0.3) is 0 Å². The predicted octanol–water partition coefficient (Wildman–Crippen LogP) is 3.91. The van der Waals surface area contributed by atoms with E-state index in [-0.39, 0.29) is 11.9 Å². The van der Waals surface area contributed by atoms with E-state index in [0.717, 1.165) is 17.0 Å². The second kappa shape index (κ2) is 5.80. The zero-order chi connectivity index (χ0) is 14.0. The van der Waals surface area contributed by atoms with Gasteiger partial charge in [-0.3, -0.25) is 4.98 Å². The summed E-state index contributed by atoms with van der Waals surface area (Å²) in [4.78, 5) is 4.35. The average molecular weight is 323 g/mol. The van der Waals surface area contributed by atoms with Crippen LogP contribution in [0.3, 0.4) is 0 Å². The molecule has 4 heteroatoms. The van der Waals surface area contributed by atoms with Gasteiger partial charge in [0.05, 0.1) is 10.5 Å². The summed E-state index contributed by atoms with van der Waals surface area (Å²) in [6.07, 6.45) is 0. The van der Waals surface area contributed by atoms with Crippen LogP contribution in [0.5, 0.6) is 0 Å². The molecule has 0 saturated carbocycles. The molecule has 1 heterocycles. The van der Waals surface area contributed by atoms with Crippen molar-refractivity contribution in [2.75, 3.05) is 7.05 Å². The molecule has 0 bridgehead atoms. The molecule has 0 radical (unpaired) electrons. The Labute approximate surface area is 121 Å². The molecule has 0 aliphatic carbocycles. The second-order valence-electron chi connectivity index (χ2n) is 4.55. The normalized spacial score (nSPS) is 12.5. The third-order valence-electron chi connectivity index (χ3n) is 3.02. The van der Waals surface area contributed by atoms with Crippen molar-refractivity contribution in [2.45, 2.75) is 19.9 Å². The van der Waals surface area contributed by atoms with Gasteiger partial charge in [-0.1, -0.05) is 12.1 Å². The van der Waals surface area contributed by atoms with Crippen LogP contribution in [0.2, 0.25) is 0 Å². The van der Waals surface area contributed by atoms with Crippen LogP contribution < -0.4 is 5.32 Å². The highest BCUT2D eigenvalue weighted by atomic mass is 79.9. The summed E-state index contributed by atoms with van der Waals surface area (Å²) in [5.74, 6) is -0.228. The summed E-state index contributed by atoms with van der Waals surface area (Å²) in [5.41, 5.74) is 3.52. The van der Waals surface area contributed by atoms with Crippen molar-refractivity contribution in [3.8, 4) is 0 Å². The van der Waals surface area contributed by atoms with Crippen LogP contribution in [0, 0.1) is 19.7 Å². The third kappa shape index (κ3) is 3.01. The largest absolute Gasteiger partial charge is 0.309 e. The van der Waals surface area contributed by atoms with Crippen LogP contribution in [-0.2, 0) is 0 Å². The lowest BCUT2D eigenvalue weighted by Gasteiger charge is -2.19. The molecular formula is C15H16BrFN2. The Kier molecular flexibility index (Phi) is 4.32. The number of nitrogens with one attached hydrogen (secondary N) is 1. The number of pyridine rings is 1. The quantitative estimate of drug-likeness (QED) is 0.926. The van der Waals surface area contributed by atoms with Gasteiger partial charge >= 0.3 is 0 Å². The predicted molar refractivity (Wildman–Crippen MR) is 78.7 cm³/mol. The van der Waals surface area contributed by atoms with Gasteiger partial charge in [0, 0.05) is 17.0 Å². The molecule has 1 aromatic heterocycles. The number of hydrogen-bond acceptors (Lipinski definition) is 2. The summed E-state index contributed by atoms with van der Waals surface area (Å²) in [6.45, 7) is 3.89. The van der Waals surface area contributed by atoms with Gasteiger partial charge in [0.15, 0.2) is 0 Å². The van der Waals surface area contributed by atoms with Gasteiger partial charge in [0.1, 0.15) is 5.82 Å². The van der Waals surface area contributed by atoms with E-state index < -0.39 is 0 Å². The van der Waals surface area contributed by atoms with E-state index in [1.54, 1.807) is 12.1 Å². The topological polar surface area (TPSA) is 24.9 Å². The van der Waals surface area contributed by atoms with Crippen LogP contribution in [0.1, 0.15) is 28.6 Å². The molecule has 1 atom stereocenters. The van der Waals surface area contributed by atoms with E-state index in [1.165, 1.54) is 0 Å². The summed E-state index contributed by atoms with van der Waals surface area (Å²) in [6, 6.07) is 9.12. The maximum absolute atomic E-state index is 14.2. The number of aromatic nitrogens is 1. The van der Waals surface area contributed by atoms with Crippen molar-refractivity contribution >= 4 is 15.9 Å². The molecule has 0 saturated heterocycles. The first-order chi connectivity index (χ1) is 9.02. The molecule has 2 aromatic rings. The van der Waals surface area contributed by atoms with Crippen molar-refractivity contribution in [2.24, 2.45) is 0 Å². The number of hydrogen-bond donors (Lipinski definition) is 1. The van der Waals surface area contributed by atoms with E-state index in [0.29, 0.717) is 10.0 Å². The maximum Gasteiger partial charge on any atom is 0.142 e. The monoisotopic (exact) mass is 322 g/mol. The number of nitrogens with zero attached hydrogens (tertiary/aromatic N) is 1. The zero-order valence-corrected chi connectivity index (χ0v) is 12.8. The van der Waals surface area contributed by atoms with Crippen LogP contribution in [-0.4, -0.2) is 12.0 Å². The fraction of sp³-hybridized carbons (Fsp3) is 0.267. The lowest BCUT2D eigenvalue weighted by atomic mass is 9.98. The summed E-state index contributed by atoms with van der Waals surface area (Å²) >= 11 is 3.23. The van der Waals surface area contributed by atoms with E-state index in [1.807, 2.05) is 39.1 Å². The van der Waals surface area contributed by atoms with Crippen molar-refractivity contribution in [1.82, 2.24) is 10.3 Å². The number of rotatable bonds is 3. The number of benzene rings is 1. The van der Waals surface area contributed by atoms with E-state index in [9.17, 15) is 4.39 Å². The molecule has 0 fully saturated rings. The molecule has 1 unspecified atom stereocenters. The number of aryl methyl sites for hydroxylation is 2. The van der Waals surface area contributed by atoms with Gasteiger partial charge in [-0.2, -0.15) is 0 Å².